The van der Waals surface area contributed by atoms with Crippen molar-refractivity contribution in [3.05, 3.63) is 12.7 Å². The normalized spacial score (nSPS) is 28.9. The van der Waals surface area contributed by atoms with Crippen LogP contribution in [0.2, 0.25) is 0 Å². The summed E-state index contributed by atoms with van der Waals surface area (Å²) in [6, 6.07) is 0. The van der Waals surface area contributed by atoms with Crippen LogP contribution in [0.3, 0.4) is 0 Å². The number of rotatable bonds is 2. The molecule has 1 aliphatic rings. The van der Waals surface area contributed by atoms with Crippen LogP contribution < -0.4 is 0 Å². The molecule has 0 N–H and O–H groups in total. The lowest BCUT2D eigenvalue weighted by atomic mass is 10.2. The van der Waals surface area contributed by atoms with Gasteiger partial charge < -0.3 is 0 Å². The molecular formula is C5H8O2. The monoisotopic (exact) mass is 100 g/mol. The van der Waals surface area contributed by atoms with Gasteiger partial charge in [0.15, 0.2) is 0 Å². The van der Waals surface area contributed by atoms with Crippen molar-refractivity contribution in [1.82, 2.24) is 0 Å². The molecule has 0 saturated carbocycles. The molecule has 0 bridgehead atoms. The van der Waals surface area contributed by atoms with Crippen LogP contribution in [-0.4, -0.2) is 12.7 Å². The lowest BCUT2D eigenvalue weighted by Gasteiger charge is -2.22. The van der Waals surface area contributed by atoms with Crippen LogP contribution in [-0.2, 0) is 9.78 Å². The van der Waals surface area contributed by atoms with Gasteiger partial charge in [0.1, 0.15) is 12.7 Å². The highest BCUT2D eigenvalue weighted by atomic mass is 17.2. The standard InChI is InChI=1S/C5H8O2/c1-2-3-5-4-6-7-5/h2,5H,1,3-4H2. The molecule has 2 nitrogen and oxygen atoms in total. The maximum Gasteiger partial charge on any atom is 0.123 e. The Labute approximate surface area is 42.7 Å². The lowest BCUT2D eigenvalue weighted by molar-refractivity contribution is -0.423. The minimum atomic E-state index is 0.289. The molecule has 0 aliphatic carbocycles. The van der Waals surface area contributed by atoms with Crippen LogP contribution in [0.25, 0.3) is 0 Å². The Morgan fingerprint density at radius 2 is 2.57 bits per heavy atom. The van der Waals surface area contributed by atoms with Crippen LogP contribution in [0.15, 0.2) is 12.7 Å². The second-order valence-electron chi connectivity index (χ2n) is 1.53. The smallest absolute Gasteiger partial charge is 0.123 e. The summed E-state index contributed by atoms with van der Waals surface area (Å²) in [4.78, 5) is 9.04. The first-order valence-corrected chi connectivity index (χ1v) is 2.32. The third-order valence-electron chi connectivity index (χ3n) is 0.888. The van der Waals surface area contributed by atoms with Gasteiger partial charge in [-0.3, -0.25) is 0 Å². The van der Waals surface area contributed by atoms with Gasteiger partial charge in [-0.25, -0.2) is 9.78 Å². The molecule has 1 fully saturated rings. The Balaban J connectivity index is 2.03. The molecule has 1 heterocycles. The minimum absolute atomic E-state index is 0.289. The van der Waals surface area contributed by atoms with E-state index in [2.05, 4.69) is 16.4 Å². The van der Waals surface area contributed by atoms with Gasteiger partial charge in [0.25, 0.3) is 0 Å². The van der Waals surface area contributed by atoms with Crippen molar-refractivity contribution in [2.24, 2.45) is 0 Å². The highest BCUT2D eigenvalue weighted by molar-refractivity contribution is 4.73. The van der Waals surface area contributed by atoms with Crippen LogP contribution in [0.5, 0.6) is 0 Å². The molecule has 0 radical (unpaired) electrons. The van der Waals surface area contributed by atoms with Gasteiger partial charge in [-0.1, -0.05) is 6.08 Å². The SMILES string of the molecule is C=CCC1COO1. The predicted octanol–water partition coefficient (Wildman–Crippen LogP) is 0.893. The Bertz CT molecular complexity index is 66.5. The molecule has 0 spiro atoms. The summed E-state index contributed by atoms with van der Waals surface area (Å²) in [7, 11) is 0. The van der Waals surface area contributed by atoms with E-state index in [0.29, 0.717) is 0 Å². The van der Waals surface area contributed by atoms with Crippen molar-refractivity contribution in [3.63, 3.8) is 0 Å². The first-order valence-electron chi connectivity index (χ1n) is 2.32. The molecular weight excluding hydrogens is 92.1 g/mol. The van der Waals surface area contributed by atoms with Crippen molar-refractivity contribution < 1.29 is 9.78 Å². The molecule has 0 aromatic carbocycles. The Hall–Kier alpha value is -0.340. The predicted molar refractivity (Wildman–Crippen MR) is 25.6 cm³/mol. The van der Waals surface area contributed by atoms with E-state index in [4.69, 9.17) is 0 Å². The molecule has 0 aromatic rings. The first-order chi connectivity index (χ1) is 3.43. The zero-order chi connectivity index (χ0) is 5.11. The number of hydrogen-bond donors (Lipinski definition) is 0. The quantitative estimate of drug-likeness (QED) is 0.379. The Morgan fingerprint density at radius 1 is 1.86 bits per heavy atom. The molecule has 0 aromatic heterocycles. The van der Waals surface area contributed by atoms with Gasteiger partial charge in [-0.05, 0) is 6.42 Å². The van der Waals surface area contributed by atoms with E-state index in [1.165, 1.54) is 0 Å². The molecule has 1 saturated heterocycles. The minimum Gasteiger partial charge on any atom is -0.233 e. The highest BCUT2D eigenvalue weighted by Crippen LogP contribution is 2.09. The van der Waals surface area contributed by atoms with Crippen LogP contribution in [0, 0.1) is 0 Å². The number of hydrogen-bond acceptors (Lipinski definition) is 2. The third-order valence-corrected chi connectivity index (χ3v) is 0.888. The van der Waals surface area contributed by atoms with Gasteiger partial charge in [0.2, 0.25) is 0 Å². The molecule has 7 heavy (non-hydrogen) atoms. The zero-order valence-electron chi connectivity index (χ0n) is 4.09. The van der Waals surface area contributed by atoms with Gasteiger partial charge in [0.05, 0.1) is 0 Å². The summed E-state index contributed by atoms with van der Waals surface area (Å²) in [5, 5.41) is 0. The van der Waals surface area contributed by atoms with E-state index < -0.39 is 0 Å². The Morgan fingerprint density at radius 3 is 2.71 bits per heavy atom. The summed E-state index contributed by atoms with van der Waals surface area (Å²) in [6.07, 6.45) is 3.02. The summed E-state index contributed by atoms with van der Waals surface area (Å²) in [5.74, 6) is 0. The summed E-state index contributed by atoms with van der Waals surface area (Å²) < 4.78 is 0. The molecule has 1 rings (SSSR count). The van der Waals surface area contributed by atoms with E-state index in [1.54, 1.807) is 0 Å². The summed E-state index contributed by atoms with van der Waals surface area (Å²) >= 11 is 0. The first kappa shape index (κ1) is 4.81. The van der Waals surface area contributed by atoms with Gasteiger partial charge in [-0.2, -0.15) is 0 Å². The van der Waals surface area contributed by atoms with Crippen molar-refractivity contribution >= 4 is 0 Å². The second-order valence-corrected chi connectivity index (χ2v) is 1.53. The van der Waals surface area contributed by atoms with Gasteiger partial charge >= 0.3 is 0 Å². The van der Waals surface area contributed by atoms with Crippen LogP contribution >= 0.6 is 0 Å². The summed E-state index contributed by atoms with van der Waals surface area (Å²) in [5.41, 5.74) is 0. The van der Waals surface area contributed by atoms with Crippen molar-refractivity contribution in [2.75, 3.05) is 6.61 Å². The average Bonchev–Trinajstić information content (AvgIpc) is 1.55. The fourth-order valence-electron chi connectivity index (χ4n) is 0.457. The van der Waals surface area contributed by atoms with E-state index in [1.807, 2.05) is 6.08 Å². The maximum absolute atomic E-state index is 4.60. The van der Waals surface area contributed by atoms with Crippen molar-refractivity contribution in [2.45, 2.75) is 12.5 Å². The van der Waals surface area contributed by atoms with E-state index in [0.717, 1.165) is 13.0 Å². The van der Waals surface area contributed by atoms with Gasteiger partial charge in [0, 0.05) is 0 Å². The van der Waals surface area contributed by atoms with E-state index >= 15 is 0 Å². The molecule has 1 atom stereocenters. The lowest BCUT2D eigenvalue weighted by Crippen LogP contribution is -2.29. The second kappa shape index (κ2) is 2.09. The Kier molecular flexibility index (Phi) is 1.44. The third kappa shape index (κ3) is 1.01. The maximum atomic E-state index is 4.60. The highest BCUT2D eigenvalue weighted by Gasteiger charge is 2.17. The van der Waals surface area contributed by atoms with Crippen LogP contribution in [0.4, 0.5) is 0 Å². The van der Waals surface area contributed by atoms with E-state index in [-0.39, 0.29) is 6.10 Å². The topological polar surface area (TPSA) is 18.5 Å². The van der Waals surface area contributed by atoms with Crippen molar-refractivity contribution in [3.8, 4) is 0 Å². The van der Waals surface area contributed by atoms with Crippen LogP contribution in [0.1, 0.15) is 6.42 Å². The summed E-state index contributed by atoms with van der Waals surface area (Å²) in [6.45, 7) is 4.28. The zero-order valence-corrected chi connectivity index (χ0v) is 4.09. The van der Waals surface area contributed by atoms with Crippen molar-refractivity contribution in [1.29, 1.82) is 0 Å². The fraction of sp³-hybridized carbons (Fsp3) is 0.600. The molecule has 1 aliphatic heterocycles. The van der Waals surface area contributed by atoms with Gasteiger partial charge in [-0.15, -0.1) is 6.58 Å². The molecule has 1 unspecified atom stereocenters. The molecule has 0 amide bonds. The average molecular weight is 100 g/mol. The fourth-order valence-corrected chi connectivity index (χ4v) is 0.457. The molecule has 40 valence electrons. The largest absolute Gasteiger partial charge is 0.233 e. The molecule has 2 heteroatoms. The van der Waals surface area contributed by atoms with E-state index in [9.17, 15) is 0 Å².